The van der Waals surface area contributed by atoms with E-state index in [1.807, 2.05) is 38.1 Å². The summed E-state index contributed by atoms with van der Waals surface area (Å²) >= 11 is 0. The number of nitrogens with one attached hydrogen (secondary N) is 2. The number of amides is 2. The Morgan fingerprint density at radius 2 is 1.81 bits per heavy atom. The zero-order valence-electron chi connectivity index (χ0n) is 28.6. The van der Waals surface area contributed by atoms with E-state index in [2.05, 4.69) is 20.4 Å². The van der Waals surface area contributed by atoms with Crippen molar-refractivity contribution >= 4 is 32.7 Å². The molecular weight excluding hydrogens is 636 g/mol. The van der Waals surface area contributed by atoms with Crippen LogP contribution in [-0.2, 0) is 14.6 Å². The summed E-state index contributed by atoms with van der Waals surface area (Å²) < 4.78 is 29.8. The molecule has 266 valence electrons. The van der Waals surface area contributed by atoms with Gasteiger partial charge in [-0.1, -0.05) is 18.2 Å². The van der Waals surface area contributed by atoms with Crippen LogP contribution in [0.2, 0.25) is 0 Å². The molecule has 0 spiro atoms. The van der Waals surface area contributed by atoms with Crippen molar-refractivity contribution in [3.8, 4) is 0 Å². The van der Waals surface area contributed by atoms with Gasteiger partial charge >= 0.3 is 6.09 Å². The minimum absolute atomic E-state index is 0.0542. The summed E-state index contributed by atoms with van der Waals surface area (Å²) in [6, 6.07) is 9.57. The van der Waals surface area contributed by atoms with E-state index in [-0.39, 0.29) is 59.7 Å². The number of ether oxygens (including phenoxy) is 1. The number of nitrogens with zero attached hydrogens (tertiary/aromatic N) is 4. The minimum Gasteiger partial charge on any atom is -0.453 e. The topological polar surface area (TPSA) is 154 Å². The third kappa shape index (κ3) is 8.94. The predicted molar refractivity (Wildman–Crippen MR) is 185 cm³/mol. The highest BCUT2D eigenvalue weighted by Gasteiger charge is 2.42. The van der Waals surface area contributed by atoms with Gasteiger partial charge in [-0.3, -0.25) is 19.8 Å². The second-order valence-electron chi connectivity index (χ2n) is 14.1. The van der Waals surface area contributed by atoms with Gasteiger partial charge in [0, 0.05) is 62.6 Å². The van der Waals surface area contributed by atoms with Crippen molar-refractivity contribution in [2.45, 2.75) is 88.7 Å². The molecule has 14 heteroatoms. The number of carbonyl (C=O) groups excluding carboxylic acids is 2. The molecule has 0 radical (unpaired) electrons. The van der Waals surface area contributed by atoms with Gasteiger partial charge in [0.1, 0.15) is 5.56 Å². The van der Waals surface area contributed by atoms with Crippen molar-refractivity contribution in [1.82, 2.24) is 29.9 Å². The molecule has 2 amide bonds. The van der Waals surface area contributed by atoms with Crippen LogP contribution in [0.1, 0.15) is 68.8 Å². The summed E-state index contributed by atoms with van der Waals surface area (Å²) in [5.41, 5.74) is 0.674. The standard InChI is InChI=1S/C34H52N6O7S/c1-23(2)40-31-10-6-5-8-24(31)16-30(33(40)43)32(42)36-26-17-27-11-12-28(18-26)39(27)21-29(41)20-38(34(44)47-3)15-14-37-13-7-9-25(19-37)35-22-48(4,45)46/h5-6,8,10,16,23,25-29,35,41H,7,9,11-15,17-22H2,1-4H3,(H,36,42)/t25?,26?,27-,28+,29?. The second kappa shape index (κ2) is 15.7. The Morgan fingerprint density at radius 1 is 1.10 bits per heavy atom. The quantitative estimate of drug-likeness (QED) is 0.284. The second-order valence-corrected chi connectivity index (χ2v) is 16.2. The lowest BCUT2D eigenvalue weighted by molar-refractivity contribution is 0.0292. The SMILES string of the molecule is COC(=O)N(CCN1CCCC(NCS(C)(=O)=O)C1)CC(O)CN1[C@@H]2CC[C@H]1CC(NC(=O)c1cc3ccccc3n(C(C)C)c1=O)C2. The number of benzene rings is 1. The zero-order chi connectivity index (χ0) is 34.6. The molecule has 3 aliphatic heterocycles. The van der Waals surface area contributed by atoms with E-state index in [4.69, 9.17) is 4.74 Å². The average Bonchev–Trinajstić information content (AvgIpc) is 3.26. The van der Waals surface area contributed by atoms with E-state index in [0.29, 0.717) is 26.2 Å². The summed E-state index contributed by atoms with van der Waals surface area (Å²) in [6.45, 7) is 6.95. The first-order valence-corrected chi connectivity index (χ1v) is 19.2. The summed E-state index contributed by atoms with van der Waals surface area (Å²) in [4.78, 5) is 45.6. The molecule has 1 aromatic carbocycles. The Bertz CT molecular complexity index is 1600. The van der Waals surface area contributed by atoms with Crippen LogP contribution in [0.25, 0.3) is 10.9 Å². The number of hydrogen-bond acceptors (Lipinski definition) is 10. The van der Waals surface area contributed by atoms with E-state index >= 15 is 0 Å². The molecule has 0 aliphatic carbocycles. The van der Waals surface area contributed by atoms with Crippen LogP contribution in [-0.4, -0.2) is 134 Å². The summed E-state index contributed by atoms with van der Waals surface area (Å²) in [5, 5.41) is 18.3. The van der Waals surface area contributed by atoms with Crippen molar-refractivity contribution in [3.63, 3.8) is 0 Å². The van der Waals surface area contributed by atoms with Crippen molar-refractivity contribution < 1.29 is 27.9 Å². The van der Waals surface area contributed by atoms with Gasteiger partial charge in [0.2, 0.25) is 0 Å². The third-order valence-electron chi connectivity index (χ3n) is 10.0. The molecule has 3 fully saturated rings. The zero-order valence-corrected chi connectivity index (χ0v) is 29.5. The molecule has 3 unspecified atom stereocenters. The molecule has 48 heavy (non-hydrogen) atoms. The van der Waals surface area contributed by atoms with Crippen molar-refractivity contribution in [3.05, 3.63) is 46.2 Å². The van der Waals surface area contributed by atoms with Gasteiger partial charge in [0.25, 0.3) is 11.5 Å². The number of hydrogen-bond donors (Lipinski definition) is 3. The molecule has 5 atom stereocenters. The molecule has 3 saturated heterocycles. The first-order valence-electron chi connectivity index (χ1n) is 17.2. The van der Waals surface area contributed by atoms with E-state index in [9.17, 15) is 27.9 Å². The molecule has 2 bridgehead atoms. The Morgan fingerprint density at radius 3 is 2.48 bits per heavy atom. The van der Waals surface area contributed by atoms with Crippen LogP contribution < -0.4 is 16.2 Å². The number of sulfone groups is 1. The van der Waals surface area contributed by atoms with Gasteiger partial charge in [-0.05, 0) is 76.4 Å². The molecule has 4 heterocycles. The molecule has 3 aliphatic rings. The maximum Gasteiger partial charge on any atom is 0.409 e. The van der Waals surface area contributed by atoms with Gasteiger partial charge in [-0.25, -0.2) is 13.2 Å². The van der Waals surface area contributed by atoms with Crippen LogP contribution in [0, 0.1) is 0 Å². The molecule has 2 aromatic rings. The molecule has 0 saturated carbocycles. The highest BCUT2D eigenvalue weighted by atomic mass is 32.2. The maximum atomic E-state index is 13.5. The number of likely N-dealkylation sites (tertiary alicyclic amines) is 1. The fourth-order valence-corrected chi connectivity index (χ4v) is 8.35. The van der Waals surface area contributed by atoms with E-state index in [1.54, 1.807) is 15.5 Å². The molecular formula is C34H52N6O7S. The van der Waals surface area contributed by atoms with Crippen molar-refractivity contribution in [2.24, 2.45) is 0 Å². The number of aliphatic hydroxyl groups is 1. The van der Waals surface area contributed by atoms with Crippen molar-refractivity contribution in [2.75, 3.05) is 58.5 Å². The van der Waals surface area contributed by atoms with Gasteiger partial charge in [0.15, 0.2) is 9.84 Å². The number of aliphatic hydroxyl groups excluding tert-OH is 1. The van der Waals surface area contributed by atoms with E-state index < -0.39 is 22.0 Å². The predicted octanol–water partition coefficient (Wildman–Crippen LogP) is 1.79. The first kappa shape index (κ1) is 36.2. The number of pyridine rings is 1. The maximum absolute atomic E-state index is 13.5. The van der Waals surface area contributed by atoms with Gasteiger partial charge < -0.3 is 29.5 Å². The number of aromatic nitrogens is 1. The fourth-order valence-electron chi connectivity index (χ4n) is 7.81. The lowest BCUT2D eigenvalue weighted by Crippen LogP contribution is -2.54. The number of fused-ring (bicyclic) bond motifs is 3. The number of rotatable bonds is 13. The Hall–Kier alpha value is -3.04. The van der Waals surface area contributed by atoms with Crippen LogP contribution in [0.3, 0.4) is 0 Å². The van der Waals surface area contributed by atoms with E-state index in [0.717, 1.165) is 56.0 Å². The number of piperidine rings is 2. The van der Waals surface area contributed by atoms with Crippen molar-refractivity contribution in [1.29, 1.82) is 0 Å². The highest BCUT2D eigenvalue weighted by Crippen LogP contribution is 2.36. The van der Waals surface area contributed by atoms with Gasteiger partial charge in [0.05, 0.1) is 31.2 Å². The molecule has 1 aromatic heterocycles. The lowest BCUT2D eigenvalue weighted by Gasteiger charge is -2.40. The summed E-state index contributed by atoms with van der Waals surface area (Å²) in [7, 11) is -1.77. The monoisotopic (exact) mass is 688 g/mol. The van der Waals surface area contributed by atoms with Crippen LogP contribution in [0.15, 0.2) is 35.1 Å². The first-order chi connectivity index (χ1) is 22.8. The lowest BCUT2D eigenvalue weighted by atomic mass is 9.96. The molecule has 5 rings (SSSR count). The summed E-state index contributed by atoms with van der Waals surface area (Å²) in [5.74, 6) is -0.403. The van der Waals surface area contributed by atoms with Crippen LogP contribution >= 0.6 is 0 Å². The van der Waals surface area contributed by atoms with Crippen LogP contribution in [0.4, 0.5) is 4.79 Å². The smallest absolute Gasteiger partial charge is 0.409 e. The van der Waals surface area contributed by atoms with Crippen LogP contribution in [0.5, 0.6) is 0 Å². The van der Waals surface area contributed by atoms with Gasteiger partial charge in [-0.2, -0.15) is 0 Å². The summed E-state index contributed by atoms with van der Waals surface area (Å²) in [6.07, 6.45) is 5.15. The molecule has 3 N–H and O–H groups in total. The normalized spacial score (nSPS) is 24.1. The highest BCUT2D eigenvalue weighted by molar-refractivity contribution is 7.90. The number of methoxy groups -OCH3 is 1. The Kier molecular flexibility index (Phi) is 11.8. The fraction of sp³-hybridized carbons (Fsp3) is 0.676. The number of para-hydroxylation sites is 1. The number of carbonyl (C=O) groups is 2. The molecule has 13 nitrogen and oxygen atoms in total. The minimum atomic E-state index is -3.10. The van der Waals surface area contributed by atoms with E-state index in [1.165, 1.54) is 13.4 Å². The van der Waals surface area contributed by atoms with Gasteiger partial charge in [-0.15, -0.1) is 0 Å². The Labute approximate surface area is 283 Å². The Balaban J connectivity index is 1.14. The third-order valence-corrected chi connectivity index (χ3v) is 10.7. The average molecular weight is 689 g/mol. The largest absolute Gasteiger partial charge is 0.453 e.